The van der Waals surface area contributed by atoms with Gasteiger partial charge in [0.15, 0.2) is 0 Å². The summed E-state index contributed by atoms with van der Waals surface area (Å²) in [4.78, 5) is 54.4. The molecule has 0 unspecified atom stereocenters. The molecule has 0 radical (unpaired) electrons. The maximum atomic E-state index is 14.5. The lowest BCUT2D eigenvalue weighted by molar-refractivity contribution is -0.384. The number of nitrogens with zero attached hydrogens (tertiary/aromatic N) is 3. The Bertz CT molecular complexity index is 1930. The van der Waals surface area contributed by atoms with Gasteiger partial charge in [-0.2, -0.15) is 5.10 Å². The third-order valence-electron chi connectivity index (χ3n) is 8.86. The number of halogens is 2. The van der Waals surface area contributed by atoms with Crippen LogP contribution in [-0.2, 0) is 15.0 Å². The zero-order valence-electron chi connectivity index (χ0n) is 23.0. The summed E-state index contributed by atoms with van der Waals surface area (Å²) in [6.07, 6.45) is 1.51. The van der Waals surface area contributed by atoms with Crippen LogP contribution in [0, 0.1) is 28.9 Å². The first kappa shape index (κ1) is 27.9. The third kappa shape index (κ3) is 3.86. The number of rotatable bonds is 5. The summed E-state index contributed by atoms with van der Waals surface area (Å²) in [6.45, 7) is 1.70. The standard InChI is InChI=1S/C33H22Cl2N4O5/c1-17-10-13-25(26(14-17)39(43)44)38-31(41)28-27-19-6-2-4-8-22(19)33(29(28)32(38)42,23-9-5-3-7-20(23)27)16-36-37-30(40)21-12-11-18(34)15-24(21)35/h2-16,27-29H,1H3,(H,37,40)/b36-16-/t27?,28-,29-,33?/m1/s1. The van der Waals surface area contributed by atoms with E-state index in [2.05, 4.69) is 10.5 Å². The molecule has 9 nitrogen and oxygen atoms in total. The highest BCUT2D eigenvalue weighted by Crippen LogP contribution is 2.64. The van der Waals surface area contributed by atoms with Gasteiger partial charge in [-0.25, -0.2) is 10.3 Å². The fourth-order valence-electron chi connectivity index (χ4n) is 7.18. The van der Waals surface area contributed by atoms with Crippen molar-refractivity contribution in [3.63, 3.8) is 0 Å². The van der Waals surface area contributed by atoms with Crippen molar-refractivity contribution in [1.29, 1.82) is 0 Å². The van der Waals surface area contributed by atoms with Crippen LogP contribution in [0.2, 0.25) is 10.0 Å². The van der Waals surface area contributed by atoms with E-state index in [-0.39, 0.29) is 22.0 Å². The van der Waals surface area contributed by atoms with Gasteiger partial charge in [0, 0.05) is 23.2 Å². The van der Waals surface area contributed by atoms with E-state index in [1.54, 1.807) is 13.0 Å². The molecule has 3 amide bonds. The van der Waals surface area contributed by atoms with Crippen LogP contribution in [0.5, 0.6) is 0 Å². The second-order valence-corrected chi connectivity index (χ2v) is 12.0. The average molecular weight is 625 g/mol. The van der Waals surface area contributed by atoms with Crippen LogP contribution in [0.15, 0.2) is 90.0 Å². The minimum absolute atomic E-state index is 0.0738. The minimum Gasteiger partial charge on any atom is -0.274 e. The van der Waals surface area contributed by atoms with Crippen molar-refractivity contribution in [3.05, 3.63) is 138 Å². The van der Waals surface area contributed by atoms with Gasteiger partial charge in [-0.1, -0.05) is 77.8 Å². The normalized spacial score (nSPS) is 23.0. The van der Waals surface area contributed by atoms with Crippen LogP contribution in [0.1, 0.15) is 44.1 Å². The molecule has 4 aliphatic rings. The minimum atomic E-state index is -1.27. The van der Waals surface area contributed by atoms with Crippen molar-refractivity contribution in [1.82, 2.24) is 5.43 Å². The molecule has 4 aromatic rings. The molecule has 1 saturated heterocycles. The number of nitro groups is 1. The van der Waals surface area contributed by atoms with E-state index in [1.807, 2.05) is 48.5 Å². The Morgan fingerprint density at radius 2 is 1.61 bits per heavy atom. The number of amides is 3. The number of imide groups is 1. The molecule has 44 heavy (non-hydrogen) atoms. The molecule has 218 valence electrons. The molecule has 0 aromatic heterocycles. The van der Waals surface area contributed by atoms with E-state index in [4.69, 9.17) is 23.2 Å². The number of hydrazone groups is 1. The van der Waals surface area contributed by atoms with Crippen LogP contribution < -0.4 is 10.3 Å². The molecule has 8 rings (SSSR count). The summed E-state index contributed by atoms with van der Waals surface area (Å²) in [5.74, 6) is -3.98. The van der Waals surface area contributed by atoms with E-state index >= 15 is 0 Å². The molecule has 0 spiro atoms. The van der Waals surface area contributed by atoms with Gasteiger partial charge in [-0.05, 0) is 59.0 Å². The maximum Gasteiger partial charge on any atom is 0.293 e. The molecule has 1 heterocycles. The topological polar surface area (TPSA) is 122 Å². The third-order valence-corrected chi connectivity index (χ3v) is 9.41. The number of carbonyl (C=O) groups is 3. The highest BCUT2D eigenvalue weighted by molar-refractivity contribution is 6.36. The molecule has 3 aliphatic carbocycles. The van der Waals surface area contributed by atoms with Crippen molar-refractivity contribution in [2.75, 3.05) is 4.90 Å². The van der Waals surface area contributed by atoms with Crippen LogP contribution in [0.4, 0.5) is 11.4 Å². The number of anilines is 1. The van der Waals surface area contributed by atoms with Gasteiger partial charge in [0.2, 0.25) is 11.8 Å². The molecule has 2 atom stereocenters. The van der Waals surface area contributed by atoms with Crippen molar-refractivity contribution < 1.29 is 19.3 Å². The SMILES string of the molecule is Cc1ccc(N2C(=O)[C@@H]3C4c5ccccc5C(/C=N\NC(=O)c5ccc(Cl)cc5Cl)(c5ccccc54)[C@H]3C2=O)c([N+](=O)[O-])c1. The predicted octanol–water partition coefficient (Wildman–Crippen LogP) is 6.18. The van der Waals surface area contributed by atoms with E-state index < -0.39 is 45.8 Å². The number of carbonyl (C=O) groups excluding carboxylic acids is 3. The molecule has 2 bridgehead atoms. The first-order chi connectivity index (χ1) is 21.1. The van der Waals surface area contributed by atoms with Gasteiger partial charge in [-0.15, -0.1) is 0 Å². The zero-order valence-corrected chi connectivity index (χ0v) is 24.5. The van der Waals surface area contributed by atoms with Crippen LogP contribution in [0.25, 0.3) is 0 Å². The number of nitro benzene ring substituents is 1. The molecule has 4 aromatic carbocycles. The zero-order chi connectivity index (χ0) is 30.9. The second kappa shape index (κ2) is 10.1. The Labute approximate surface area is 261 Å². The van der Waals surface area contributed by atoms with Crippen LogP contribution >= 0.6 is 23.2 Å². The highest BCUT2D eigenvalue weighted by Gasteiger charge is 2.68. The maximum absolute atomic E-state index is 14.5. The lowest BCUT2D eigenvalue weighted by atomic mass is 9.47. The van der Waals surface area contributed by atoms with Crippen LogP contribution in [0.3, 0.4) is 0 Å². The van der Waals surface area contributed by atoms with E-state index in [9.17, 15) is 24.5 Å². The number of aryl methyl sites for hydroxylation is 1. The number of nitrogens with one attached hydrogen (secondary N) is 1. The van der Waals surface area contributed by atoms with Crippen molar-refractivity contribution >= 4 is 58.5 Å². The Morgan fingerprint density at radius 3 is 2.25 bits per heavy atom. The summed E-state index contributed by atoms with van der Waals surface area (Å²) < 4.78 is 0. The molecular weight excluding hydrogens is 603 g/mol. The molecular formula is C33H22Cl2N4O5. The van der Waals surface area contributed by atoms with Gasteiger partial charge in [0.25, 0.3) is 11.6 Å². The Hall–Kier alpha value is -4.86. The summed E-state index contributed by atoms with van der Waals surface area (Å²) in [7, 11) is 0. The fraction of sp³-hybridized carbons (Fsp3) is 0.152. The predicted molar refractivity (Wildman–Crippen MR) is 165 cm³/mol. The molecule has 1 aliphatic heterocycles. The average Bonchev–Trinajstić information content (AvgIpc) is 3.27. The summed E-state index contributed by atoms with van der Waals surface area (Å²) in [6, 6.07) is 24.0. The fourth-order valence-corrected chi connectivity index (χ4v) is 7.68. The van der Waals surface area contributed by atoms with Crippen molar-refractivity contribution in [3.8, 4) is 0 Å². The number of benzene rings is 4. The quantitative estimate of drug-likeness (QED) is 0.123. The molecule has 0 saturated carbocycles. The summed E-state index contributed by atoms with van der Waals surface area (Å²) in [5.41, 5.74) is 4.88. The second-order valence-electron chi connectivity index (χ2n) is 11.1. The van der Waals surface area contributed by atoms with E-state index in [1.165, 1.54) is 36.5 Å². The molecule has 1 fully saturated rings. The van der Waals surface area contributed by atoms with Crippen LogP contribution in [-0.4, -0.2) is 28.9 Å². The molecule has 1 N–H and O–H groups in total. The molecule has 11 heteroatoms. The van der Waals surface area contributed by atoms with Crippen molar-refractivity contribution in [2.24, 2.45) is 16.9 Å². The van der Waals surface area contributed by atoms with Gasteiger partial charge < -0.3 is 0 Å². The Kier molecular flexibility index (Phi) is 6.42. The van der Waals surface area contributed by atoms with Gasteiger partial charge in [0.1, 0.15) is 5.69 Å². The van der Waals surface area contributed by atoms with Gasteiger partial charge >= 0.3 is 0 Å². The summed E-state index contributed by atoms with van der Waals surface area (Å²) >= 11 is 12.2. The Morgan fingerprint density at radius 1 is 0.955 bits per heavy atom. The largest absolute Gasteiger partial charge is 0.293 e. The lowest BCUT2D eigenvalue weighted by Crippen LogP contribution is -2.54. The van der Waals surface area contributed by atoms with E-state index in [0.717, 1.165) is 27.2 Å². The Balaban J connectivity index is 1.41. The van der Waals surface area contributed by atoms with E-state index in [0.29, 0.717) is 10.6 Å². The number of hydrogen-bond acceptors (Lipinski definition) is 6. The van der Waals surface area contributed by atoms with Gasteiger partial charge in [-0.3, -0.25) is 24.5 Å². The first-order valence-corrected chi connectivity index (χ1v) is 14.5. The highest BCUT2D eigenvalue weighted by atomic mass is 35.5. The number of hydrogen-bond donors (Lipinski definition) is 1. The van der Waals surface area contributed by atoms with Gasteiger partial charge in [0.05, 0.1) is 32.8 Å². The summed E-state index contributed by atoms with van der Waals surface area (Å²) in [5, 5.41) is 16.9. The monoisotopic (exact) mass is 624 g/mol. The smallest absolute Gasteiger partial charge is 0.274 e. The van der Waals surface area contributed by atoms with Crippen molar-refractivity contribution in [2.45, 2.75) is 18.3 Å². The first-order valence-electron chi connectivity index (χ1n) is 13.8. The lowest BCUT2D eigenvalue weighted by Gasteiger charge is -2.52.